The molecule has 29 heavy (non-hydrogen) atoms. The molecule has 0 amide bonds. The first-order valence-electron chi connectivity index (χ1n) is 10.4. The first-order valence-corrected chi connectivity index (χ1v) is 10.4. The SMILES string of the molecule is COc1ccc(OC)c(COC[C@@H](O)CN2CCC(Cc3ccccc3)CC2)c1. The standard InChI is InChI=1S/C24H33NO4/c1-27-23-8-9-24(28-2)21(15-23)17-29-18-22(26)16-25-12-10-20(11-13-25)14-19-6-4-3-5-7-19/h3-9,15,20,22,26H,10-14,16-18H2,1-2H3/t22-/m0/s1. The van der Waals surface area contributed by atoms with Gasteiger partial charge in [-0.15, -0.1) is 0 Å². The average molecular weight is 400 g/mol. The Kier molecular flexibility index (Phi) is 8.35. The first-order chi connectivity index (χ1) is 14.2. The fourth-order valence-electron chi connectivity index (χ4n) is 3.97. The van der Waals surface area contributed by atoms with Crippen molar-refractivity contribution < 1.29 is 19.3 Å². The molecule has 0 aromatic heterocycles. The molecule has 0 unspecified atom stereocenters. The molecular formula is C24H33NO4. The van der Waals surface area contributed by atoms with Crippen molar-refractivity contribution in [1.29, 1.82) is 0 Å². The Morgan fingerprint density at radius 2 is 1.79 bits per heavy atom. The van der Waals surface area contributed by atoms with Crippen molar-refractivity contribution in [2.75, 3.05) is 40.5 Å². The Balaban J connectivity index is 1.37. The van der Waals surface area contributed by atoms with Crippen LogP contribution in [0.3, 0.4) is 0 Å². The number of β-amino-alcohol motifs (C(OH)–C–C–N with tert-alkyl or cyclic N) is 1. The van der Waals surface area contributed by atoms with Gasteiger partial charge in [-0.3, -0.25) is 0 Å². The number of hydrogen-bond donors (Lipinski definition) is 1. The predicted molar refractivity (Wildman–Crippen MR) is 115 cm³/mol. The summed E-state index contributed by atoms with van der Waals surface area (Å²) in [5, 5.41) is 10.4. The molecule has 2 aromatic rings. The lowest BCUT2D eigenvalue weighted by molar-refractivity contribution is 0.00404. The van der Waals surface area contributed by atoms with Crippen LogP contribution in [0.2, 0.25) is 0 Å². The van der Waals surface area contributed by atoms with Gasteiger partial charge in [0.25, 0.3) is 0 Å². The lowest BCUT2D eigenvalue weighted by atomic mass is 9.90. The molecule has 0 bridgehead atoms. The molecule has 0 saturated carbocycles. The van der Waals surface area contributed by atoms with Gasteiger partial charge in [0, 0.05) is 12.1 Å². The van der Waals surface area contributed by atoms with Crippen molar-refractivity contribution in [1.82, 2.24) is 4.90 Å². The molecule has 0 radical (unpaired) electrons. The number of aliphatic hydroxyl groups excluding tert-OH is 1. The van der Waals surface area contributed by atoms with E-state index in [4.69, 9.17) is 14.2 Å². The van der Waals surface area contributed by atoms with Crippen molar-refractivity contribution in [3.05, 3.63) is 59.7 Å². The maximum atomic E-state index is 10.4. The predicted octanol–water partition coefficient (Wildman–Crippen LogP) is 3.54. The number of hydrogen-bond acceptors (Lipinski definition) is 5. The van der Waals surface area contributed by atoms with E-state index in [9.17, 15) is 5.11 Å². The minimum Gasteiger partial charge on any atom is -0.497 e. The Bertz CT molecular complexity index is 729. The molecule has 1 N–H and O–H groups in total. The van der Waals surface area contributed by atoms with E-state index >= 15 is 0 Å². The Labute approximate surface area is 174 Å². The quantitative estimate of drug-likeness (QED) is 0.662. The fourth-order valence-corrected chi connectivity index (χ4v) is 3.97. The minimum absolute atomic E-state index is 0.310. The molecule has 1 fully saturated rings. The summed E-state index contributed by atoms with van der Waals surface area (Å²) in [6.07, 6.45) is 3.03. The number of ether oxygens (including phenoxy) is 3. The normalized spacial score (nSPS) is 16.5. The summed E-state index contributed by atoms with van der Waals surface area (Å²) in [5.41, 5.74) is 2.34. The van der Waals surface area contributed by atoms with Gasteiger partial charge in [0.05, 0.1) is 33.5 Å². The monoisotopic (exact) mass is 399 g/mol. The van der Waals surface area contributed by atoms with Crippen LogP contribution in [0.25, 0.3) is 0 Å². The lowest BCUT2D eigenvalue weighted by Crippen LogP contribution is -2.40. The zero-order valence-corrected chi connectivity index (χ0v) is 17.5. The fraction of sp³-hybridized carbons (Fsp3) is 0.500. The molecule has 1 atom stereocenters. The maximum Gasteiger partial charge on any atom is 0.124 e. The number of rotatable bonds is 10. The molecule has 3 rings (SSSR count). The maximum absolute atomic E-state index is 10.4. The van der Waals surface area contributed by atoms with Crippen molar-refractivity contribution in [2.45, 2.75) is 32.0 Å². The van der Waals surface area contributed by atoms with E-state index in [0.29, 0.717) is 19.8 Å². The summed E-state index contributed by atoms with van der Waals surface area (Å²) in [7, 11) is 3.28. The summed E-state index contributed by atoms with van der Waals surface area (Å²) in [6, 6.07) is 16.4. The smallest absolute Gasteiger partial charge is 0.124 e. The van der Waals surface area contributed by atoms with Gasteiger partial charge in [-0.1, -0.05) is 30.3 Å². The van der Waals surface area contributed by atoms with Crippen LogP contribution in [0.1, 0.15) is 24.0 Å². The summed E-state index contributed by atoms with van der Waals surface area (Å²) in [6.45, 7) is 3.44. The Morgan fingerprint density at radius 1 is 1.03 bits per heavy atom. The highest BCUT2D eigenvalue weighted by molar-refractivity contribution is 5.39. The minimum atomic E-state index is -0.489. The van der Waals surface area contributed by atoms with E-state index in [1.807, 2.05) is 18.2 Å². The molecule has 1 saturated heterocycles. The van der Waals surface area contributed by atoms with Crippen LogP contribution in [-0.2, 0) is 17.8 Å². The van der Waals surface area contributed by atoms with Crippen LogP contribution in [0.15, 0.2) is 48.5 Å². The second-order valence-corrected chi connectivity index (χ2v) is 7.78. The number of methoxy groups -OCH3 is 2. The highest BCUT2D eigenvalue weighted by Gasteiger charge is 2.21. The van der Waals surface area contributed by atoms with Crippen molar-refractivity contribution in [3.8, 4) is 11.5 Å². The zero-order valence-electron chi connectivity index (χ0n) is 17.5. The van der Waals surface area contributed by atoms with Gasteiger partial charge >= 0.3 is 0 Å². The first kappa shape index (κ1) is 21.6. The van der Waals surface area contributed by atoms with E-state index in [-0.39, 0.29) is 0 Å². The van der Waals surface area contributed by atoms with Crippen molar-refractivity contribution >= 4 is 0 Å². The molecule has 5 nitrogen and oxygen atoms in total. The molecule has 158 valence electrons. The van der Waals surface area contributed by atoms with Gasteiger partial charge in [-0.05, 0) is 62.0 Å². The molecule has 1 aliphatic rings. The van der Waals surface area contributed by atoms with Gasteiger partial charge in [0.2, 0.25) is 0 Å². The molecule has 0 aliphatic carbocycles. The highest BCUT2D eigenvalue weighted by atomic mass is 16.5. The van der Waals surface area contributed by atoms with Crippen LogP contribution in [0.4, 0.5) is 0 Å². The van der Waals surface area contributed by atoms with Crippen LogP contribution in [0.5, 0.6) is 11.5 Å². The molecular weight excluding hydrogens is 366 g/mol. The molecule has 5 heteroatoms. The van der Waals surface area contributed by atoms with Gasteiger partial charge in [-0.25, -0.2) is 0 Å². The van der Waals surface area contributed by atoms with Crippen LogP contribution >= 0.6 is 0 Å². The van der Waals surface area contributed by atoms with Gasteiger partial charge in [-0.2, -0.15) is 0 Å². The Hall–Kier alpha value is -2.08. The van der Waals surface area contributed by atoms with E-state index in [1.54, 1.807) is 14.2 Å². The Morgan fingerprint density at radius 3 is 2.48 bits per heavy atom. The average Bonchev–Trinajstić information content (AvgIpc) is 2.75. The molecule has 0 spiro atoms. The van der Waals surface area contributed by atoms with Crippen LogP contribution in [-0.4, -0.2) is 56.6 Å². The van der Waals surface area contributed by atoms with E-state index in [1.165, 1.54) is 18.4 Å². The summed E-state index contributed by atoms with van der Waals surface area (Å²) < 4.78 is 16.4. The third kappa shape index (κ3) is 6.74. The van der Waals surface area contributed by atoms with Crippen molar-refractivity contribution in [2.24, 2.45) is 5.92 Å². The van der Waals surface area contributed by atoms with E-state index < -0.39 is 6.10 Å². The number of benzene rings is 2. The van der Waals surface area contributed by atoms with Gasteiger partial charge < -0.3 is 24.2 Å². The van der Waals surface area contributed by atoms with Crippen LogP contribution < -0.4 is 9.47 Å². The number of piperidine rings is 1. The third-order valence-electron chi connectivity index (χ3n) is 5.60. The van der Waals surface area contributed by atoms with Crippen LogP contribution in [0, 0.1) is 5.92 Å². The number of nitrogens with zero attached hydrogens (tertiary/aromatic N) is 1. The summed E-state index contributed by atoms with van der Waals surface area (Å²) in [5.74, 6) is 2.27. The molecule has 2 aromatic carbocycles. The number of likely N-dealkylation sites (tertiary alicyclic amines) is 1. The third-order valence-corrected chi connectivity index (χ3v) is 5.60. The molecule has 1 aliphatic heterocycles. The van der Waals surface area contributed by atoms with Gasteiger partial charge in [0.15, 0.2) is 0 Å². The lowest BCUT2D eigenvalue weighted by Gasteiger charge is -2.33. The summed E-state index contributed by atoms with van der Waals surface area (Å²) in [4.78, 5) is 2.35. The second kappa shape index (κ2) is 11.2. The summed E-state index contributed by atoms with van der Waals surface area (Å²) >= 11 is 0. The topological polar surface area (TPSA) is 51.2 Å². The van der Waals surface area contributed by atoms with E-state index in [2.05, 4.69) is 35.2 Å². The largest absolute Gasteiger partial charge is 0.497 e. The number of aliphatic hydroxyl groups is 1. The zero-order chi connectivity index (χ0) is 20.5. The highest BCUT2D eigenvalue weighted by Crippen LogP contribution is 2.25. The van der Waals surface area contributed by atoms with E-state index in [0.717, 1.165) is 42.5 Å². The second-order valence-electron chi connectivity index (χ2n) is 7.78. The van der Waals surface area contributed by atoms with Crippen molar-refractivity contribution in [3.63, 3.8) is 0 Å². The molecule has 1 heterocycles. The van der Waals surface area contributed by atoms with Gasteiger partial charge in [0.1, 0.15) is 11.5 Å².